The molecule has 0 aliphatic carbocycles. The van der Waals surface area contributed by atoms with E-state index in [4.69, 9.17) is 17.3 Å². The van der Waals surface area contributed by atoms with Gasteiger partial charge in [0.1, 0.15) is 0 Å². The van der Waals surface area contributed by atoms with Gasteiger partial charge < -0.3 is 11.1 Å². The molecule has 0 spiro atoms. The van der Waals surface area contributed by atoms with E-state index in [0.29, 0.717) is 11.0 Å². The average molecular weight is 305 g/mol. The highest BCUT2D eigenvalue weighted by Crippen LogP contribution is 2.25. The predicted octanol–water partition coefficient (Wildman–Crippen LogP) is 3.63. The van der Waals surface area contributed by atoms with E-state index in [2.05, 4.69) is 26.2 Å². The Morgan fingerprint density at radius 2 is 2.06 bits per heavy atom. The van der Waals surface area contributed by atoms with Crippen molar-refractivity contribution in [3.8, 4) is 0 Å². The lowest BCUT2D eigenvalue weighted by Crippen LogP contribution is -2.27. The van der Waals surface area contributed by atoms with Crippen LogP contribution in [0.4, 0.5) is 5.69 Å². The van der Waals surface area contributed by atoms with E-state index in [0.717, 1.165) is 10.2 Å². The van der Waals surface area contributed by atoms with Gasteiger partial charge in [-0.2, -0.15) is 0 Å². The summed E-state index contributed by atoms with van der Waals surface area (Å²) in [6, 6.07) is 5.49. The van der Waals surface area contributed by atoms with Crippen LogP contribution in [0.1, 0.15) is 20.8 Å². The van der Waals surface area contributed by atoms with E-state index >= 15 is 0 Å². The highest BCUT2D eigenvalue weighted by molar-refractivity contribution is 9.10. The molecule has 0 amide bonds. The van der Waals surface area contributed by atoms with Crippen LogP contribution in [0.3, 0.4) is 0 Å². The highest BCUT2D eigenvalue weighted by atomic mass is 79.9. The van der Waals surface area contributed by atoms with Crippen molar-refractivity contribution in [2.24, 2.45) is 10.7 Å². The SMILES string of the molecule is CC(C)(C)N=C(N)Nc1ccc(Cl)c(Br)c1. The first-order chi connectivity index (χ1) is 7.28. The lowest BCUT2D eigenvalue weighted by Gasteiger charge is -2.14. The molecule has 0 unspecified atom stereocenters. The van der Waals surface area contributed by atoms with Crippen LogP contribution in [0.5, 0.6) is 0 Å². The molecule has 0 saturated carbocycles. The number of guanidine groups is 1. The summed E-state index contributed by atoms with van der Waals surface area (Å²) in [5, 5.41) is 3.67. The summed E-state index contributed by atoms with van der Waals surface area (Å²) in [6.07, 6.45) is 0. The standard InChI is InChI=1S/C11H15BrClN3/c1-11(2,3)16-10(14)15-7-4-5-9(13)8(12)6-7/h4-6H,1-3H3,(H3,14,15,16). The summed E-state index contributed by atoms with van der Waals surface area (Å²) in [6.45, 7) is 5.96. The summed E-state index contributed by atoms with van der Waals surface area (Å²) in [5.41, 5.74) is 6.43. The van der Waals surface area contributed by atoms with Gasteiger partial charge in [0.25, 0.3) is 0 Å². The molecule has 0 heterocycles. The summed E-state index contributed by atoms with van der Waals surface area (Å²) in [5.74, 6) is 0.390. The third kappa shape index (κ3) is 4.41. The van der Waals surface area contributed by atoms with Crippen LogP contribution in [-0.2, 0) is 0 Å². The topological polar surface area (TPSA) is 50.4 Å². The van der Waals surface area contributed by atoms with E-state index in [1.54, 1.807) is 6.07 Å². The molecule has 0 saturated heterocycles. The number of halogens is 2. The zero-order chi connectivity index (χ0) is 12.3. The molecule has 0 bridgehead atoms. The molecular weight excluding hydrogens is 289 g/mol. The van der Waals surface area contributed by atoms with Crippen LogP contribution in [0.15, 0.2) is 27.7 Å². The molecule has 0 fully saturated rings. The number of nitrogens with two attached hydrogens (primary N) is 1. The van der Waals surface area contributed by atoms with E-state index < -0.39 is 0 Å². The molecular formula is C11H15BrClN3. The Morgan fingerprint density at radius 1 is 1.44 bits per heavy atom. The molecule has 3 nitrogen and oxygen atoms in total. The van der Waals surface area contributed by atoms with Crippen molar-refractivity contribution in [3.63, 3.8) is 0 Å². The Balaban J connectivity index is 2.81. The van der Waals surface area contributed by atoms with Crippen LogP contribution in [-0.4, -0.2) is 11.5 Å². The van der Waals surface area contributed by atoms with Gasteiger partial charge in [-0.3, -0.25) is 0 Å². The van der Waals surface area contributed by atoms with Gasteiger partial charge >= 0.3 is 0 Å². The van der Waals surface area contributed by atoms with E-state index in [1.807, 2.05) is 32.9 Å². The normalized spacial score (nSPS) is 12.7. The third-order valence-electron chi connectivity index (χ3n) is 1.65. The van der Waals surface area contributed by atoms with E-state index in [1.165, 1.54) is 0 Å². The van der Waals surface area contributed by atoms with Gasteiger partial charge in [0.2, 0.25) is 0 Å². The Morgan fingerprint density at radius 3 is 2.56 bits per heavy atom. The molecule has 0 radical (unpaired) electrons. The van der Waals surface area contributed by atoms with Crippen molar-refractivity contribution >= 4 is 39.2 Å². The second kappa shape index (κ2) is 5.06. The Kier molecular flexibility index (Phi) is 4.21. The first-order valence-corrected chi connectivity index (χ1v) is 6.02. The zero-order valence-electron chi connectivity index (χ0n) is 9.51. The van der Waals surface area contributed by atoms with Crippen molar-refractivity contribution in [2.75, 3.05) is 5.32 Å². The maximum absolute atomic E-state index is 5.89. The summed E-state index contributed by atoms with van der Waals surface area (Å²) in [7, 11) is 0. The fraction of sp³-hybridized carbons (Fsp3) is 0.364. The second-order valence-corrected chi connectivity index (χ2v) is 5.68. The molecule has 0 aliphatic rings. The number of nitrogens with zero attached hydrogens (tertiary/aromatic N) is 1. The van der Waals surface area contributed by atoms with Crippen LogP contribution in [0.2, 0.25) is 5.02 Å². The largest absolute Gasteiger partial charge is 0.370 e. The predicted molar refractivity (Wildman–Crippen MR) is 74.2 cm³/mol. The number of anilines is 1. The van der Waals surface area contributed by atoms with Crippen molar-refractivity contribution in [3.05, 3.63) is 27.7 Å². The summed E-state index contributed by atoms with van der Waals surface area (Å²) < 4.78 is 0.822. The molecule has 1 aromatic rings. The van der Waals surface area contributed by atoms with Gasteiger partial charge in [0, 0.05) is 10.2 Å². The molecule has 88 valence electrons. The van der Waals surface area contributed by atoms with Crippen LogP contribution >= 0.6 is 27.5 Å². The lowest BCUT2D eigenvalue weighted by molar-refractivity contribution is 0.583. The molecule has 0 atom stereocenters. The minimum absolute atomic E-state index is 0.194. The molecule has 5 heteroatoms. The summed E-state index contributed by atoms with van der Waals surface area (Å²) >= 11 is 9.23. The van der Waals surface area contributed by atoms with Crippen LogP contribution in [0.25, 0.3) is 0 Å². The van der Waals surface area contributed by atoms with Crippen LogP contribution < -0.4 is 11.1 Å². The maximum Gasteiger partial charge on any atom is 0.193 e. The lowest BCUT2D eigenvalue weighted by atomic mass is 10.1. The second-order valence-electron chi connectivity index (χ2n) is 4.42. The summed E-state index contributed by atoms with van der Waals surface area (Å²) in [4.78, 5) is 4.29. The first kappa shape index (κ1) is 13.3. The van der Waals surface area contributed by atoms with Crippen molar-refractivity contribution in [1.29, 1.82) is 0 Å². The molecule has 1 rings (SSSR count). The Labute approximate surface area is 109 Å². The quantitative estimate of drug-likeness (QED) is 0.615. The maximum atomic E-state index is 5.89. The first-order valence-electron chi connectivity index (χ1n) is 4.85. The number of hydrogen-bond donors (Lipinski definition) is 2. The minimum atomic E-state index is -0.194. The van der Waals surface area contributed by atoms with Gasteiger partial charge in [0.15, 0.2) is 5.96 Å². The molecule has 1 aromatic carbocycles. The van der Waals surface area contributed by atoms with Crippen molar-refractivity contribution < 1.29 is 0 Å². The third-order valence-corrected chi connectivity index (χ3v) is 2.86. The van der Waals surface area contributed by atoms with Crippen molar-refractivity contribution in [1.82, 2.24) is 0 Å². The van der Waals surface area contributed by atoms with Gasteiger partial charge in [0.05, 0.1) is 10.6 Å². The monoisotopic (exact) mass is 303 g/mol. The van der Waals surface area contributed by atoms with Crippen molar-refractivity contribution in [2.45, 2.75) is 26.3 Å². The van der Waals surface area contributed by atoms with E-state index in [-0.39, 0.29) is 5.54 Å². The number of hydrogen-bond acceptors (Lipinski definition) is 1. The molecule has 0 aromatic heterocycles. The average Bonchev–Trinajstić information content (AvgIpc) is 2.08. The number of rotatable bonds is 1. The smallest absolute Gasteiger partial charge is 0.193 e. The fourth-order valence-electron chi connectivity index (χ4n) is 1.11. The number of nitrogens with one attached hydrogen (secondary N) is 1. The minimum Gasteiger partial charge on any atom is -0.370 e. The van der Waals surface area contributed by atoms with Gasteiger partial charge in [-0.25, -0.2) is 4.99 Å². The van der Waals surface area contributed by atoms with Gasteiger partial charge in [-0.1, -0.05) is 11.6 Å². The fourth-order valence-corrected chi connectivity index (χ4v) is 1.61. The number of aliphatic imine (C=N–C) groups is 1. The van der Waals surface area contributed by atoms with Gasteiger partial charge in [-0.05, 0) is 54.9 Å². The zero-order valence-corrected chi connectivity index (χ0v) is 11.9. The Hall–Kier alpha value is -0.740. The Bertz CT molecular complexity index is 410. The van der Waals surface area contributed by atoms with E-state index in [9.17, 15) is 0 Å². The molecule has 0 aliphatic heterocycles. The molecule has 16 heavy (non-hydrogen) atoms. The highest BCUT2D eigenvalue weighted by Gasteiger charge is 2.08. The molecule has 3 N–H and O–H groups in total. The van der Waals surface area contributed by atoms with Gasteiger partial charge in [-0.15, -0.1) is 0 Å². The number of benzene rings is 1. The van der Waals surface area contributed by atoms with Crippen LogP contribution in [0, 0.1) is 0 Å².